The Morgan fingerprint density at radius 1 is 1.22 bits per heavy atom. The molecule has 180 valence electrons. The molecule has 32 heavy (non-hydrogen) atoms. The van der Waals surface area contributed by atoms with Crippen molar-refractivity contribution >= 4 is 41.1 Å². The average molecular weight is 485 g/mol. The SMILES string of the molecule is CCCN(CCC)C(=O)CSc1nc(Cl)cc(N2CCN(C(=O)NC(C)(C)C)C(C)C2)n1. The summed E-state index contributed by atoms with van der Waals surface area (Å²) >= 11 is 7.59. The lowest BCUT2D eigenvalue weighted by Crippen LogP contribution is -2.59. The zero-order valence-electron chi connectivity index (χ0n) is 20.2. The highest BCUT2D eigenvalue weighted by atomic mass is 35.5. The van der Waals surface area contributed by atoms with Crippen LogP contribution in [-0.2, 0) is 4.79 Å². The Kier molecular flexibility index (Phi) is 9.88. The molecule has 1 saturated heterocycles. The number of hydrogen-bond donors (Lipinski definition) is 1. The smallest absolute Gasteiger partial charge is 0.318 e. The molecule has 1 aromatic rings. The van der Waals surface area contributed by atoms with Crippen molar-refractivity contribution in [3.8, 4) is 0 Å². The van der Waals surface area contributed by atoms with Crippen molar-refractivity contribution in [2.24, 2.45) is 0 Å². The zero-order valence-corrected chi connectivity index (χ0v) is 21.7. The fourth-order valence-corrected chi connectivity index (χ4v) is 4.57. The first-order valence-corrected chi connectivity index (χ1v) is 12.7. The number of nitrogens with zero attached hydrogens (tertiary/aromatic N) is 5. The summed E-state index contributed by atoms with van der Waals surface area (Å²) in [5.41, 5.74) is -0.276. The number of piperazine rings is 1. The van der Waals surface area contributed by atoms with Crippen LogP contribution in [0.25, 0.3) is 0 Å². The van der Waals surface area contributed by atoms with E-state index >= 15 is 0 Å². The molecular formula is C22H37ClN6O2S. The standard InChI is InChI=1S/C22H37ClN6O2S/c1-7-9-27(10-8-2)19(30)15-32-20-24-17(23)13-18(25-20)28-11-12-29(16(3)14-28)21(31)26-22(4,5)6/h13,16H,7-12,14-15H2,1-6H3,(H,26,31). The van der Waals surface area contributed by atoms with Gasteiger partial charge in [-0.25, -0.2) is 14.8 Å². The van der Waals surface area contributed by atoms with Gasteiger partial charge >= 0.3 is 6.03 Å². The third kappa shape index (κ3) is 7.99. The van der Waals surface area contributed by atoms with Gasteiger partial charge in [0.15, 0.2) is 5.16 Å². The van der Waals surface area contributed by atoms with Gasteiger partial charge in [-0.15, -0.1) is 0 Å². The van der Waals surface area contributed by atoms with E-state index in [-0.39, 0.29) is 29.3 Å². The summed E-state index contributed by atoms with van der Waals surface area (Å²) in [6, 6.07) is 1.71. The summed E-state index contributed by atoms with van der Waals surface area (Å²) in [7, 11) is 0. The monoisotopic (exact) mass is 484 g/mol. The number of rotatable bonds is 8. The quantitative estimate of drug-likeness (QED) is 0.342. The number of carbonyl (C=O) groups is 2. The molecule has 0 aliphatic carbocycles. The molecule has 0 radical (unpaired) electrons. The molecule has 1 unspecified atom stereocenters. The van der Waals surface area contributed by atoms with Crippen LogP contribution in [0, 0.1) is 0 Å². The highest BCUT2D eigenvalue weighted by Crippen LogP contribution is 2.24. The summed E-state index contributed by atoms with van der Waals surface area (Å²) in [4.78, 5) is 40.0. The maximum absolute atomic E-state index is 12.6. The lowest BCUT2D eigenvalue weighted by molar-refractivity contribution is -0.128. The molecule has 10 heteroatoms. The number of urea groups is 1. The predicted octanol–water partition coefficient (Wildman–Crippen LogP) is 3.89. The van der Waals surface area contributed by atoms with E-state index in [0.29, 0.717) is 29.9 Å². The van der Waals surface area contributed by atoms with Crippen LogP contribution in [0.2, 0.25) is 5.15 Å². The molecule has 2 rings (SSSR count). The Balaban J connectivity index is 2.02. The van der Waals surface area contributed by atoms with Crippen molar-refractivity contribution in [1.82, 2.24) is 25.1 Å². The van der Waals surface area contributed by atoms with Crippen molar-refractivity contribution in [3.05, 3.63) is 11.2 Å². The molecule has 1 fully saturated rings. The number of anilines is 1. The largest absolute Gasteiger partial charge is 0.353 e. The van der Waals surface area contributed by atoms with Crippen LogP contribution in [-0.4, -0.2) is 81.8 Å². The van der Waals surface area contributed by atoms with Crippen LogP contribution in [0.4, 0.5) is 10.6 Å². The summed E-state index contributed by atoms with van der Waals surface area (Å²) in [6.45, 7) is 15.5. The minimum Gasteiger partial charge on any atom is -0.353 e. The molecule has 0 aromatic carbocycles. The second-order valence-electron chi connectivity index (χ2n) is 9.17. The van der Waals surface area contributed by atoms with Gasteiger partial charge in [0.2, 0.25) is 5.91 Å². The molecule has 1 atom stereocenters. The van der Waals surface area contributed by atoms with Gasteiger partial charge in [0, 0.05) is 50.4 Å². The van der Waals surface area contributed by atoms with Crippen LogP contribution < -0.4 is 10.2 Å². The van der Waals surface area contributed by atoms with Gasteiger partial charge in [0.1, 0.15) is 11.0 Å². The number of thioether (sulfide) groups is 1. The second kappa shape index (κ2) is 11.9. The molecule has 0 bridgehead atoms. The number of hydrogen-bond acceptors (Lipinski definition) is 6. The van der Waals surface area contributed by atoms with E-state index in [0.717, 1.165) is 31.7 Å². The Labute approximate surface area is 201 Å². The normalized spacial score (nSPS) is 16.8. The Morgan fingerprint density at radius 3 is 2.44 bits per heavy atom. The highest BCUT2D eigenvalue weighted by Gasteiger charge is 2.30. The summed E-state index contributed by atoms with van der Waals surface area (Å²) in [6.07, 6.45) is 1.87. The lowest BCUT2D eigenvalue weighted by atomic mass is 10.1. The number of nitrogens with one attached hydrogen (secondary N) is 1. The molecule has 1 aliphatic heterocycles. The summed E-state index contributed by atoms with van der Waals surface area (Å²) in [5, 5.41) is 3.88. The maximum Gasteiger partial charge on any atom is 0.318 e. The molecule has 8 nitrogen and oxygen atoms in total. The molecule has 2 heterocycles. The molecule has 1 N–H and O–H groups in total. The topological polar surface area (TPSA) is 81.7 Å². The third-order valence-corrected chi connectivity index (χ3v) is 6.05. The van der Waals surface area contributed by atoms with E-state index < -0.39 is 0 Å². The van der Waals surface area contributed by atoms with Crippen LogP contribution in [0.15, 0.2) is 11.2 Å². The van der Waals surface area contributed by atoms with Crippen LogP contribution in [0.3, 0.4) is 0 Å². The zero-order chi connectivity index (χ0) is 23.9. The Bertz CT molecular complexity index is 782. The fraction of sp³-hybridized carbons (Fsp3) is 0.727. The Hall–Kier alpha value is -1.74. The van der Waals surface area contributed by atoms with Crippen molar-refractivity contribution in [3.63, 3.8) is 0 Å². The van der Waals surface area contributed by atoms with Gasteiger partial charge < -0.3 is 20.0 Å². The molecule has 1 aliphatic rings. The fourth-order valence-electron chi connectivity index (χ4n) is 3.59. The van der Waals surface area contributed by atoms with Gasteiger partial charge in [0.25, 0.3) is 0 Å². The van der Waals surface area contributed by atoms with Crippen molar-refractivity contribution in [1.29, 1.82) is 0 Å². The Morgan fingerprint density at radius 2 is 1.88 bits per heavy atom. The molecule has 0 spiro atoms. The van der Waals surface area contributed by atoms with Gasteiger partial charge in [-0.1, -0.05) is 37.2 Å². The minimum atomic E-state index is -0.276. The van der Waals surface area contributed by atoms with E-state index in [2.05, 4.69) is 34.0 Å². The van der Waals surface area contributed by atoms with E-state index in [4.69, 9.17) is 11.6 Å². The molecule has 1 aromatic heterocycles. The molecule has 0 saturated carbocycles. The van der Waals surface area contributed by atoms with E-state index in [1.165, 1.54) is 11.8 Å². The van der Waals surface area contributed by atoms with Crippen LogP contribution in [0.5, 0.6) is 0 Å². The van der Waals surface area contributed by atoms with E-state index in [1.54, 1.807) is 6.07 Å². The first-order chi connectivity index (χ1) is 15.0. The van der Waals surface area contributed by atoms with Crippen LogP contribution in [0.1, 0.15) is 54.4 Å². The summed E-state index contributed by atoms with van der Waals surface area (Å²) in [5.74, 6) is 1.11. The van der Waals surface area contributed by atoms with E-state index in [9.17, 15) is 9.59 Å². The van der Waals surface area contributed by atoms with Crippen molar-refractivity contribution < 1.29 is 9.59 Å². The summed E-state index contributed by atoms with van der Waals surface area (Å²) < 4.78 is 0. The van der Waals surface area contributed by atoms with Gasteiger partial charge in [0.05, 0.1) is 5.75 Å². The van der Waals surface area contributed by atoms with Crippen LogP contribution >= 0.6 is 23.4 Å². The molecule has 3 amide bonds. The average Bonchev–Trinajstić information content (AvgIpc) is 2.70. The lowest BCUT2D eigenvalue weighted by Gasteiger charge is -2.41. The number of aromatic nitrogens is 2. The minimum absolute atomic E-state index is 0.0224. The van der Waals surface area contributed by atoms with Gasteiger partial charge in [-0.3, -0.25) is 4.79 Å². The maximum atomic E-state index is 12.6. The van der Waals surface area contributed by atoms with Crippen molar-refractivity contribution in [2.45, 2.75) is 71.1 Å². The number of halogens is 1. The van der Waals surface area contributed by atoms with Crippen molar-refractivity contribution in [2.75, 3.05) is 43.4 Å². The second-order valence-corrected chi connectivity index (χ2v) is 10.5. The number of carbonyl (C=O) groups excluding carboxylic acids is 2. The number of amides is 3. The first kappa shape index (κ1) is 26.5. The first-order valence-electron chi connectivity index (χ1n) is 11.3. The molecular weight excluding hydrogens is 448 g/mol. The van der Waals surface area contributed by atoms with Gasteiger partial charge in [-0.05, 0) is 40.5 Å². The third-order valence-electron chi connectivity index (χ3n) is 5.02. The highest BCUT2D eigenvalue weighted by molar-refractivity contribution is 7.99. The predicted molar refractivity (Wildman–Crippen MR) is 132 cm³/mol. The van der Waals surface area contributed by atoms with Gasteiger partial charge in [-0.2, -0.15) is 0 Å². The van der Waals surface area contributed by atoms with E-state index in [1.807, 2.05) is 37.5 Å².